The van der Waals surface area contributed by atoms with Crippen LogP contribution in [-0.4, -0.2) is 17.0 Å². The lowest BCUT2D eigenvalue weighted by Gasteiger charge is -2.18. The average Bonchev–Trinajstić information content (AvgIpc) is 2.65. The molecule has 3 aromatic rings. The molecule has 0 saturated carbocycles. The van der Waals surface area contributed by atoms with Crippen LogP contribution in [-0.2, 0) is 12.7 Å². The molecule has 2 aromatic carbocycles. The maximum absolute atomic E-state index is 13.0. The molecular formula is C17H13F3N4O3S. The Morgan fingerprint density at radius 2 is 1.89 bits per heavy atom. The average molecular weight is 410 g/mol. The second kappa shape index (κ2) is 7.17. The van der Waals surface area contributed by atoms with E-state index in [0.717, 1.165) is 16.9 Å². The van der Waals surface area contributed by atoms with Crippen LogP contribution < -0.4 is 16.2 Å². The highest BCUT2D eigenvalue weighted by Crippen LogP contribution is 2.39. The Labute approximate surface area is 160 Å². The van der Waals surface area contributed by atoms with Crippen molar-refractivity contribution < 1.29 is 18.1 Å². The van der Waals surface area contributed by atoms with Crippen molar-refractivity contribution in [1.82, 2.24) is 4.98 Å². The Balaban J connectivity index is 2.19. The number of non-ortho nitro benzene ring substituents is 1. The zero-order valence-electron chi connectivity index (χ0n) is 14.4. The third kappa shape index (κ3) is 3.66. The summed E-state index contributed by atoms with van der Waals surface area (Å²) >= 11 is 0.769. The second-order valence-electron chi connectivity index (χ2n) is 5.86. The van der Waals surface area contributed by atoms with Gasteiger partial charge in [0, 0.05) is 25.3 Å². The zero-order chi connectivity index (χ0) is 20.6. The molecule has 0 amide bonds. The van der Waals surface area contributed by atoms with Gasteiger partial charge >= 0.3 is 6.18 Å². The van der Waals surface area contributed by atoms with Gasteiger partial charge < -0.3 is 10.6 Å². The molecule has 2 N–H and O–H groups in total. The molecule has 0 aliphatic heterocycles. The molecule has 0 fully saturated rings. The fourth-order valence-corrected chi connectivity index (χ4v) is 3.60. The van der Waals surface area contributed by atoms with Gasteiger partial charge in [-0.15, -0.1) is 0 Å². The van der Waals surface area contributed by atoms with E-state index >= 15 is 0 Å². The van der Waals surface area contributed by atoms with Gasteiger partial charge in [0.15, 0.2) is 5.13 Å². The molecule has 0 unspecified atom stereocenters. The van der Waals surface area contributed by atoms with E-state index in [0.29, 0.717) is 24.4 Å². The van der Waals surface area contributed by atoms with Gasteiger partial charge in [-0.05, 0) is 23.8 Å². The molecule has 0 bridgehead atoms. The van der Waals surface area contributed by atoms with Gasteiger partial charge in [-0.1, -0.05) is 23.5 Å². The van der Waals surface area contributed by atoms with Crippen LogP contribution in [0.25, 0.3) is 10.1 Å². The third-order valence-electron chi connectivity index (χ3n) is 4.06. The summed E-state index contributed by atoms with van der Waals surface area (Å²) in [4.78, 5) is 28.1. The number of alkyl halides is 3. The molecule has 146 valence electrons. The number of benzene rings is 2. The predicted octanol–water partition coefficient (Wildman–Crippen LogP) is 3.81. The van der Waals surface area contributed by atoms with E-state index in [2.05, 4.69) is 4.98 Å². The number of halogens is 3. The first-order valence-corrected chi connectivity index (χ1v) is 8.66. The fourth-order valence-electron chi connectivity index (χ4n) is 2.55. The van der Waals surface area contributed by atoms with Gasteiger partial charge in [0.05, 0.1) is 15.9 Å². The number of hydrogen-bond acceptors (Lipinski definition) is 7. The van der Waals surface area contributed by atoms with Crippen LogP contribution >= 0.6 is 11.3 Å². The molecule has 7 nitrogen and oxygen atoms in total. The first-order chi connectivity index (χ1) is 13.1. The lowest BCUT2D eigenvalue weighted by molar-refractivity contribution is -0.383. The van der Waals surface area contributed by atoms with E-state index in [-0.39, 0.29) is 9.83 Å². The quantitative estimate of drug-likeness (QED) is 0.518. The maximum atomic E-state index is 13.0. The van der Waals surface area contributed by atoms with Gasteiger partial charge in [-0.2, -0.15) is 18.2 Å². The first-order valence-electron chi connectivity index (χ1n) is 7.85. The topological polar surface area (TPSA) is 102 Å². The first kappa shape index (κ1) is 19.7. The molecule has 1 heterocycles. The molecule has 0 atom stereocenters. The van der Waals surface area contributed by atoms with Crippen molar-refractivity contribution in [3.05, 3.63) is 68.0 Å². The summed E-state index contributed by atoms with van der Waals surface area (Å²) in [5, 5.41) is 11.0. The summed E-state index contributed by atoms with van der Waals surface area (Å²) in [5.41, 5.74) is 4.04. The van der Waals surface area contributed by atoms with Crippen molar-refractivity contribution in [2.75, 3.05) is 11.9 Å². The highest BCUT2D eigenvalue weighted by molar-refractivity contribution is 7.22. The van der Waals surface area contributed by atoms with E-state index in [4.69, 9.17) is 5.73 Å². The van der Waals surface area contributed by atoms with Gasteiger partial charge in [-0.3, -0.25) is 14.9 Å². The van der Waals surface area contributed by atoms with E-state index in [1.807, 2.05) is 0 Å². The minimum atomic E-state index is -4.82. The molecule has 0 aliphatic carbocycles. The molecule has 28 heavy (non-hydrogen) atoms. The smallest absolute Gasteiger partial charge is 0.326 e. The van der Waals surface area contributed by atoms with Crippen molar-refractivity contribution in [3.8, 4) is 0 Å². The second-order valence-corrected chi connectivity index (χ2v) is 6.84. The maximum Gasteiger partial charge on any atom is 0.416 e. The van der Waals surface area contributed by atoms with Gasteiger partial charge in [0.1, 0.15) is 4.70 Å². The highest BCUT2D eigenvalue weighted by Gasteiger charge is 2.34. The van der Waals surface area contributed by atoms with E-state index in [1.54, 1.807) is 31.3 Å². The number of nitro groups is 1. The van der Waals surface area contributed by atoms with E-state index < -0.39 is 33.3 Å². The van der Waals surface area contributed by atoms with Crippen molar-refractivity contribution >= 4 is 37.9 Å². The summed E-state index contributed by atoms with van der Waals surface area (Å²) in [6, 6.07) is 8.02. The normalized spacial score (nSPS) is 11.6. The summed E-state index contributed by atoms with van der Waals surface area (Å²) < 4.78 is 38.9. The SMILES string of the molecule is CN(c1ccc(CN)cc1)c1nc(=O)c2cc(C(F)(F)F)cc([N+](=O)[O-])c2s1. The van der Waals surface area contributed by atoms with Crippen LogP contribution in [0, 0.1) is 10.1 Å². The monoisotopic (exact) mass is 410 g/mol. The molecular weight excluding hydrogens is 397 g/mol. The van der Waals surface area contributed by atoms with Gasteiger partial charge in [0.2, 0.25) is 0 Å². The minimum Gasteiger partial charge on any atom is -0.326 e. The van der Waals surface area contributed by atoms with Crippen molar-refractivity contribution in [2.45, 2.75) is 12.7 Å². The summed E-state index contributed by atoms with van der Waals surface area (Å²) in [5.74, 6) is 0. The van der Waals surface area contributed by atoms with Gasteiger partial charge in [0.25, 0.3) is 11.2 Å². The number of nitrogens with zero attached hydrogens (tertiary/aromatic N) is 3. The summed E-state index contributed by atoms with van der Waals surface area (Å²) in [7, 11) is 1.59. The molecule has 1 aromatic heterocycles. The van der Waals surface area contributed by atoms with Crippen molar-refractivity contribution in [1.29, 1.82) is 0 Å². The van der Waals surface area contributed by atoms with Crippen LogP contribution in [0.1, 0.15) is 11.1 Å². The zero-order valence-corrected chi connectivity index (χ0v) is 15.2. The summed E-state index contributed by atoms with van der Waals surface area (Å²) in [6.45, 7) is 0.347. The molecule has 0 saturated heterocycles. The van der Waals surface area contributed by atoms with Crippen LogP contribution in [0.15, 0.2) is 41.2 Å². The standard InChI is InChI=1S/C17H13F3N4O3S/c1-23(11-4-2-9(8-21)3-5-11)16-22-15(25)12-6-10(17(18,19)20)7-13(24(26)27)14(12)28-16/h2-7H,8,21H2,1H3. The molecule has 0 radical (unpaired) electrons. The number of aromatic nitrogens is 1. The lowest BCUT2D eigenvalue weighted by Crippen LogP contribution is -2.16. The number of hydrogen-bond donors (Lipinski definition) is 1. The van der Waals surface area contributed by atoms with Crippen molar-refractivity contribution in [3.63, 3.8) is 0 Å². The third-order valence-corrected chi connectivity index (χ3v) is 5.24. The fraction of sp³-hybridized carbons (Fsp3) is 0.176. The largest absolute Gasteiger partial charge is 0.416 e. The van der Waals surface area contributed by atoms with Crippen LogP contribution in [0.3, 0.4) is 0 Å². The lowest BCUT2D eigenvalue weighted by atomic mass is 10.1. The minimum absolute atomic E-state index is 0.112. The van der Waals surface area contributed by atoms with E-state index in [1.165, 1.54) is 4.90 Å². The van der Waals surface area contributed by atoms with E-state index in [9.17, 15) is 28.1 Å². The highest BCUT2D eigenvalue weighted by atomic mass is 32.1. The number of rotatable bonds is 4. The number of fused-ring (bicyclic) bond motifs is 1. The number of anilines is 2. The van der Waals surface area contributed by atoms with Crippen LogP contribution in [0.2, 0.25) is 0 Å². The Hall–Kier alpha value is -3.05. The Morgan fingerprint density at radius 1 is 1.25 bits per heavy atom. The van der Waals surface area contributed by atoms with Crippen molar-refractivity contribution in [2.24, 2.45) is 5.73 Å². The van der Waals surface area contributed by atoms with Gasteiger partial charge in [-0.25, -0.2) is 0 Å². The Morgan fingerprint density at radius 3 is 2.43 bits per heavy atom. The molecule has 0 aliphatic rings. The molecule has 0 spiro atoms. The summed E-state index contributed by atoms with van der Waals surface area (Å²) in [6.07, 6.45) is -4.82. The Bertz CT molecular complexity index is 1110. The number of nitrogens with two attached hydrogens (primary N) is 1. The molecule has 3 rings (SSSR count). The van der Waals surface area contributed by atoms with Crippen LogP contribution in [0.5, 0.6) is 0 Å². The predicted molar refractivity (Wildman–Crippen MR) is 99.9 cm³/mol. The number of nitro benzene ring substituents is 1. The Kier molecular flexibility index (Phi) is 5.04. The molecule has 11 heteroatoms. The van der Waals surface area contributed by atoms with Crippen LogP contribution in [0.4, 0.5) is 29.7 Å².